The molecule has 18 heavy (non-hydrogen) atoms. The zero-order valence-corrected chi connectivity index (χ0v) is 11.0. The molecule has 2 aromatic rings. The van der Waals surface area contributed by atoms with E-state index in [4.69, 9.17) is 5.11 Å². The van der Waals surface area contributed by atoms with Gasteiger partial charge in [-0.05, 0) is 37.1 Å². The number of aryl methyl sites for hydroxylation is 1. The number of benzene rings is 1. The van der Waals surface area contributed by atoms with Gasteiger partial charge in [0, 0.05) is 21.2 Å². The number of carbonyl (C=O) groups is 1. The average Bonchev–Trinajstić information content (AvgIpc) is 2.71. The van der Waals surface area contributed by atoms with Gasteiger partial charge in [-0.15, -0.1) is 11.8 Å². The Labute approximate surface area is 109 Å². The van der Waals surface area contributed by atoms with Crippen molar-refractivity contribution >= 4 is 28.6 Å². The topological polar surface area (TPSA) is 50.2 Å². The van der Waals surface area contributed by atoms with E-state index in [0.29, 0.717) is 10.8 Å². The van der Waals surface area contributed by atoms with Gasteiger partial charge in [0.05, 0.1) is 11.1 Å². The lowest BCUT2D eigenvalue weighted by molar-refractivity contribution is 0.0697. The van der Waals surface area contributed by atoms with E-state index in [1.807, 2.05) is 18.7 Å². The van der Waals surface area contributed by atoms with Crippen molar-refractivity contribution in [3.8, 4) is 0 Å². The maximum atomic E-state index is 11.0. The third kappa shape index (κ3) is 1.68. The molecule has 3 nitrogen and oxygen atoms in total. The molecular formula is C14H13NO2S. The highest BCUT2D eigenvalue weighted by atomic mass is 32.2. The number of pyridine rings is 1. The first-order chi connectivity index (χ1) is 8.56. The van der Waals surface area contributed by atoms with E-state index in [1.165, 1.54) is 10.5 Å². The summed E-state index contributed by atoms with van der Waals surface area (Å²) in [5.74, 6) is -0.887. The Morgan fingerprint density at radius 3 is 3.00 bits per heavy atom. The molecule has 0 aliphatic carbocycles. The monoisotopic (exact) mass is 259 g/mol. The van der Waals surface area contributed by atoms with Gasteiger partial charge in [-0.1, -0.05) is 6.92 Å². The van der Waals surface area contributed by atoms with Gasteiger partial charge in [-0.3, -0.25) is 4.98 Å². The Balaban J connectivity index is 2.32. The van der Waals surface area contributed by atoms with E-state index >= 15 is 0 Å². The summed E-state index contributed by atoms with van der Waals surface area (Å²) in [5, 5.41) is 10.6. The third-order valence-corrected chi connectivity index (χ3v) is 4.57. The van der Waals surface area contributed by atoms with Crippen molar-refractivity contribution < 1.29 is 9.90 Å². The van der Waals surface area contributed by atoms with Crippen LogP contribution in [-0.4, -0.2) is 21.3 Å². The van der Waals surface area contributed by atoms with Gasteiger partial charge >= 0.3 is 5.97 Å². The van der Waals surface area contributed by atoms with Crippen LogP contribution in [0.5, 0.6) is 0 Å². The Hall–Kier alpha value is -1.55. The fraction of sp³-hybridized carbons (Fsp3) is 0.286. The predicted octanol–water partition coefficient (Wildman–Crippen LogP) is 3.28. The van der Waals surface area contributed by atoms with Crippen molar-refractivity contribution in [1.82, 2.24) is 4.98 Å². The van der Waals surface area contributed by atoms with Crippen LogP contribution in [-0.2, 0) is 6.42 Å². The summed E-state index contributed by atoms with van der Waals surface area (Å²) < 4.78 is 0. The molecule has 0 saturated heterocycles. The molecule has 0 unspecified atom stereocenters. The number of thioether (sulfide) groups is 1. The van der Waals surface area contributed by atoms with Gasteiger partial charge in [0.25, 0.3) is 0 Å². The molecule has 4 heteroatoms. The fourth-order valence-corrected chi connectivity index (χ4v) is 3.74. The first-order valence-electron chi connectivity index (χ1n) is 5.89. The molecule has 2 heterocycles. The van der Waals surface area contributed by atoms with E-state index in [2.05, 4.69) is 11.9 Å². The maximum Gasteiger partial charge on any atom is 0.335 e. The standard InChI is InChI=1S/C14H13NO2S/c1-7-5-10-8(2)15-12-4-3-9(14(16)17)6-11(12)13(10)18-7/h3-4,6-7H,5H2,1-2H3,(H,16,17)/t7-/m1/s1. The Morgan fingerprint density at radius 2 is 2.28 bits per heavy atom. The molecule has 1 aliphatic heterocycles. The minimum Gasteiger partial charge on any atom is -0.478 e. The van der Waals surface area contributed by atoms with Gasteiger partial charge in [0.15, 0.2) is 0 Å². The molecular weight excluding hydrogens is 246 g/mol. The zero-order valence-electron chi connectivity index (χ0n) is 10.2. The Morgan fingerprint density at radius 1 is 1.50 bits per heavy atom. The molecule has 0 fully saturated rings. The van der Waals surface area contributed by atoms with Gasteiger partial charge in [0.1, 0.15) is 0 Å². The number of rotatable bonds is 1. The maximum absolute atomic E-state index is 11.0. The summed E-state index contributed by atoms with van der Waals surface area (Å²) in [4.78, 5) is 16.8. The van der Waals surface area contributed by atoms with Gasteiger partial charge in [-0.2, -0.15) is 0 Å². The summed E-state index contributed by atoms with van der Waals surface area (Å²) in [5.41, 5.74) is 3.56. The molecule has 0 spiro atoms. The predicted molar refractivity (Wildman–Crippen MR) is 72.5 cm³/mol. The first-order valence-corrected chi connectivity index (χ1v) is 6.77. The number of carboxylic acid groups (broad SMARTS) is 1. The normalized spacial score (nSPS) is 18.0. The molecule has 92 valence electrons. The smallest absolute Gasteiger partial charge is 0.335 e. The number of nitrogens with zero attached hydrogens (tertiary/aromatic N) is 1. The summed E-state index contributed by atoms with van der Waals surface area (Å²) in [6, 6.07) is 5.16. The highest BCUT2D eigenvalue weighted by molar-refractivity contribution is 8.00. The van der Waals surface area contributed by atoms with Gasteiger partial charge in [-0.25, -0.2) is 4.79 Å². The lowest BCUT2D eigenvalue weighted by Gasteiger charge is -2.08. The summed E-state index contributed by atoms with van der Waals surface area (Å²) in [6.45, 7) is 4.22. The molecule has 1 N–H and O–H groups in total. The van der Waals surface area contributed by atoms with E-state index in [0.717, 1.165) is 23.0 Å². The molecule has 0 amide bonds. The molecule has 3 rings (SSSR count). The second kappa shape index (κ2) is 3.99. The second-order valence-corrected chi connectivity index (χ2v) is 6.12. The molecule has 0 bridgehead atoms. The van der Waals surface area contributed by atoms with Crippen molar-refractivity contribution in [2.45, 2.75) is 30.4 Å². The van der Waals surface area contributed by atoms with Crippen molar-refractivity contribution in [2.75, 3.05) is 0 Å². The third-order valence-electron chi connectivity index (χ3n) is 3.30. The molecule has 1 atom stereocenters. The van der Waals surface area contributed by atoms with Gasteiger partial charge < -0.3 is 5.11 Å². The van der Waals surface area contributed by atoms with Crippen LogP contribution in [0.1, 0.15) is 28.5 Å². The highest BCUT2D eigenvalue weighted by Crippen LogP contribution is 2.42. The van der Waals surface area contributed by atoms with Crippen molar-refractivity contribution in [3.63, 3.8) is 0 Å². The number of aromatic nitrogens is 1. The van der Waals surface area contributed by atoms with Crippen LogP contribution >= 0.6 is 11.8 Å². The SMILES string of the molecule is Cc1nc2ccc(C(=O)O)cc2c2c1C[C@@H](C)S2. The number of aromatic carboxylic acids is 1. The summed E-state index contributed by atoms with van der Waals surface area (Å²) >= 11 is 1.82. The summed E-state index contributed by atoms with van der Waals surface area (Å²) in [6.07, 6.45) is 1.02. The van der Waals surface area contributed by atoms with Crippen LogP contribution in [0.15, 0.2) is 23.1 Å². The largest absolute Gasteiger partial charge is 0.478 e. The minimum absolute atomic E-state index is 0.329. The Kier molecular flexibility index (Phi) is 2.55. The van der Waals surface area contributed by atoms with Crippen LogP contribution in [0.2, 0.25) is 0 Å². The molecule has 1 aliphatic rings. The lowest BCUT2D eigenvalue weighted by atomic mass is 10.0. The van der Waals surface area contributed by atoms with Crippen molar-refractivity contribution in [3.05, 3.63) is 35.0 Å². The molecule has 1 aromatic carbocycles. The lowest BCUT2D eigenvalue weighted by Crippen LogP contribution is -1.98. The molecule has 0 saturated carbocycles. The Bertz CT molecular complexity index is 666. The van der Waals surface area contributed by atoms with Crippen LogP contribution in [0, 0.1) is 6.92 Å². The van der Waals surface area contributed by atoms with Crippen LogP contribution in [0.3, 0.4) is 0 Å². The van der Waals surface area contributed by atoms with Crippen LogP contribution in [0.25, 0.3) is 10.9 Å². The molecule has 0 radical (unpaired) electrons. The van der Waals surface area contributed by atoms with Crippen molar-refractivity contribution in [1.29, 1.82) is 0 Å². The highest BCUT2D eigenvalue weighted by Gasteiger charge is 2.24. The average molecular weight is 259 g/mol. The van der Waals surface area contributed by atoms with Crippen LogP contribution < -0.4 is 0 Å². The van der Waals surface area contributed by atoms with Gasteiger partial charge in [0.2, 0.25) is 0 Å². The number of hydrogen-bond acceptors (Lipinski definition) is 3. The van der Waals surface area contributed by atoms with E-state index in [-0.39, 0.29) is 0 Å². The number of hydrogen-bond donors (Lipinski definition) is 1. The quantitative estimate of drug-likeness (QED) is 0.854. The minimum atomic E-state index is -0.887. The first kappa shape index (κ1) is 11.5. The second-order valence-electron chi connectivity index (χ2n) is 4.67. The van der Waals surface area contributed by atoms with E-state index < -0.39 is 5.97 Å². The molecule has 1 aromatic heterocycles. The van der Waals surface area contributed by atoms with Crippen molar-refractivity contribution in [2.24, 2.45) is 0 Å². The fourth-order valence-electron chi connectivity index (χ4n) is 2.43. The number of fused-ring (bicyclic) bond motifs is 3. The summed E-state index contributed by atoms with van der Waals surface area (Å²) in [7, 11) is 0. The number of carboxylic acids is 1. The zero-order chi connectivity index (χ0) is 12.9. The van der Waals surface area contributed by atoms with Crippen LogP contribution in [0.4, 0.5) is 0 Å². The van der Waals surface area contributed by atoms with E-state index in [1.54, 1.807) is 18.2 Å². The van der Waals surface area contributed by atoms with E-state index in [9.17, 15) is 4.79 Å².